The zero-order valence-electron chi connectivity index (χ0n) is 14.5. The monoisotopic (exact) mass is 435 g/mol. The highest BCUT2D eigenvalue weighted by Crippen LogP contribution is 2.26. The van der Waals surface area contributed by atoms with Crippen molar-refractivity contribution < 1.29 is 4.92 Å². The molecule has 1 aromatic heterocycles. The third-order valence-corrected chi connectivity index (χ3v) is 5.12. The maximum Gasteiger partial charge on any atom is 0.269 e. The van der Waals surface area contributed by atoms with Crippen LogP contribution < -0.4 is 10.3 Å². The van der Waals surface area contributed by atoms with Gasteiger partial charge < -0.3 is 4.90 Å². The molecular formula is C18H15Cl2N5O2S. The second kappa shape index (κ2) is 9.50. The van der Waals surface area contributed by atoms with Crippen molar-refractivity contribution in [3.63, 3.8) is 0 Å². The number of non-ortho nitro benzene ring substituents is 1. The van der Waals surface area contributed by atoms with Crippen LogP contribution in [0.1, 0.15) is 5.56 Å². The second-order valence-electron chi connectivity index (χ2n) is 5.58. The van der Waals surface area contributed by atoms with Gasteiger partial charge in [-0.05, 0) is 29.8 Å². The number of nitro groups is 1. The SMILES string of the molecule is O=[N+]([O-])c1ccc(-c2csc(N/N=C/c3ccc(N(CCl)CCl)cc3)n2)cc1. The number of hydrazone groups is 1. The lowest BCUT2D eigenvalue weighted by Gasteiger charge is -2.18. The van der Waals surface area contributed by atoms with Gasteiger partial charge in [-0.2, -0.15) is 5.10 Å². The van der Waals surface area contributed by atoms with Crippen molar-refractivity contribution in [1.82, 2.24) is 4.98 Å². The summed E-state index contributed by atoms with van der Waals surface area (Å²) in [5.41, 5.74) is 6.31. The maximum atomic E-state index is 10.7. The Morgan fingerprint density at radius 1 is 1.14 bits per heavy atom. The summed E-state index contributed by atoms with van der Waals surface area (Å²) in [6, 6.07) is 14.6. The highest BCUT2D eigenvalue weighted by atomic mass is 35.5. The lowest BCUT2D eigenvalue weighted by atomic mass is 10.1. The summed E-state index contributed by atoms with van der Waals surface area (Å²) in [7, 11) is 0. The van der Waals surface area contributed by atoms with Crippen LogP contribution in [0.4, 0.5) is 16.5 Å². The van der Waals surface area contributed by atoms with Gasteiger partial charge in [-0.3, -0.25) is 15.5 Å². The molecule has 0 saturated heterocycles. The first-order chi connectivity index (χ1) is 13.6. The minimum atomic E-state index is -0.429. The second-order valence-corrected chi connectivity index (χ2v) is 6.92. The highest BCUT2D eigenvalue weighted by Gasteiger charge is 2.08. The van der Waals surface area contributed by atoms with Crippen LogP contribution in [-0.2, 0) is 0 Å². The molecule has 0 saturated carbocycles. The van der Waals surface area contributed by atoms with E-state index in [1.807, 2.05) is 34.5 Å². The molecule has 0 unspecified atom stereocenters. The molecule has 2 aromatic carbocycles. The van der Waals surface area contributed by atoms with Crippen molar-refractivity contribution in [2.24, 2.45) is 5.10 Å². The predicted octanol–water partition coefficient (Wildman–Crippen LogP) is 5.36. The molecule has 3 rings (SSSR count). The lowest BCUT2D eigenvalue weighted by molar-refractivity contribution is -0.384. The van der Waals surface area contributed by atoms with Gasteiger partial charge in [0.2, 0.25) is 5.13 Å². The van der Waals surface area contributed by atoms with E-state index in [0.717, 1.165) is 22.5 Å². The largest absolute Gasteiger partial charge is 0.344 e. The van der Waals surface area contributed by atoms with Crippen LogP contribution in [0.2, 0.25) is 0 Å². The summed E-state index contributed by atoms with van der Waals surface area (Å²) in [6.45, 7) is 0. The van der Waals surface area contributed by atoms with Gasteiger partial charge in [-0.1, -0.05) is 12.1 Å². The van der Waals surface area contributed by atoms with E-state index in [4.69, 9.17) is 23.2 Å². The Kier molecular flexibility index (Phi) is 6.80. The molecule has 1 heterocycles. The fourth-order valence-electron chi connectivity index (χ4n) is 2.31. The average molecular weight is 436 g/mol. The number of thiazole rings is 1. The van der Waals surface area contributed by atoms with Gasteiger partial charge in [0.1, 0.15) is 0 Å². The lowest BCUT2D eigenvalue weighted by Crippen LogP contribution is -2.18. The van der Waals surface area contributed by atoms with Crippen molar-refractivity contribution in [3.8, 4) is 11.3 Å². The van der Waals surface area contributed by atoms with Crippen LogP contribution in [0.15, 0.2) is 59.0 Å². The number of nitro benzene ring substituents is 1. The van der Waals surface area contributed by atoms with Crippen LogP contribution in [0.5, 0.6) is 0 Å². The average Bonchev–Trinajstić information content (AvgIpc) is 3.19. The third kappa shape index (κ3) is 4.98. The zero-order chi connectivity index (χ0) is 19.9. The van der Waals surface area contributed by atoms with E-state index >= 15 is 0 Å². The number of nitrogens with zero attached hydrogens (tertiary/aromatic N) is 4. The standard InChI is InChI=1S/C18H15Cl2N5O2S/c19-11-24(12-20)15-5-1-13(2-6-15)9-21-23-18-22-17(10-28-18)14-3-7-16(8-4-14)25(26)27/h1-10H,11-12H2,(H,22,23)/b21-9+. The Morgan fingerprint density at radius 3 is 2.43 bits per heavy atom. The molecule has 1 N–H and O–H groups in total. The molecule has 0 radical (unpaired) electrons. The first-order valence-electron chi connectivity index (χ1n) is 8.07. The first-order valence-corrected chi connectivity index (χ1v) is 10.0. The van der Waals surface area contributed by atoms with Crippen molar-refractivity contribution in [1.29, 1.82) is 0 Å². The van der Waals surface area contributed by atoms with Crippen LogP contribution in [0.25, 0.3) is 11.3 Å². The minimum Gasteiger partial charge on any atom is -0.344 e. The van der Waals surface area contributed by atoms with Gasteiger partial charge in [0.05, 0.1) is 28.8 Å². The van der Waals surface area contributed by atoms with E-state index < -0.39 is 4.92 Å². The zero-order valence-corrected chi connectivity index (χ0v) is 16.8. The normalized spacial score (nSPS) is 10.9. The molecule has 10 heteroatoms. The minimum absolute atomic E-state index is 0.0492. The fourth-order valence-corrected chi connectivity index (χ4v) is 3.51. The number of alkyl halides is 2. The number of hydrogen-bond donors (Lipinski definition) is 1. The summed E-state index contributed by atoms with van der Waals surface area (Å²) < 4.78 is 0. The molecular weight excluding hydrogens is 421 g/mol. The Bertz CT molecular complexity index is 957. The molecule has 3 aromatic rings. The maximum absolute atomic E-state index is 10.7. The third-order valence-electron chi connectivity index (χ3n) is 3.80. The molecule has 0 atom stereocenters. The number of hydrogen-bond acceptors (Lipinski definition) is 7. The molecule has 144 valence electrons. The van der Waals surface area contributed by atoms with Gasteiger partial charge in [-0.15, -0.1) is 34.5 Å². The molecule has 0 bridgehead atoms. The van der Waals surface area contributed by atoms with Crippen LogP contribution in [-0.4, -0.2) is 28.1 Å². The van der Waals surface area contributed by atoms with E-state index in [0.29, 0.717) is 17.1 Å². The highest BCUT2D eigenvalue weighted by molar-refractivity contribution is 7.14. The number of rotatable bonds is 8. The number of halogens is 2. The molecule has 0 spiro atoms. The van der Waals surface area contributed by atoms with Crippen molar-refractivity contribution in [2.45, 2.75) is 0 Å². The Morgan fingerprint density at radius 2 is 1.82 bits per heavy atom. The number of aromatic nitrogens is 1. The Balaban J connectivity index is 1.61. The molecule has 28 heavy (non-hydrogen) atoms. The van der Waals surface area contributed by atoms with E-state index in [1.165, 1.54) is 23.5 Å². The van der Waals surface area contributed by atoms with Gasteiger partial charge in [0, 0.05) is 28.8 Å². The summed E-state index contributed by atoms with van der Waals surface area (Å²) in [5.74, 6) is 0. The Hall–Kier alpha value is -2.68. The smallest absolute Gasteiger partial charge is 0.269 e. The summed E-state index contributed by atoms with van der Waals surface area (Å²) in [5, 5.41) is 17.4. The van der Waals surface area contributed by atoms with Gasteiger partial charge in [-0.25, -0.2) is 4.98 Å². The molecule has 0 amide bonds. The molecule has 0 fully saturated rings. The van der Waals surface area contributed by atoms with Crippen LogP contribution in [0.3, 0.4) is 0 Å². The van der Waals surface area contributed by atoms with E-state index in [2.05, 4.69) is 15.5 Å². The Labute approximate surface area is 175 Å². The number of nitrogens with one attached hydrogen (secondary N) is 1. The first kappa shape index (κ1) is 20.1. The van der Waals surface area contributed by atoms with Gasteiger partial charge in [0.25, 0.3) is 5.69 Å². The van der Waals surface area contributed by atoms with Crippen LogP contribution in [0, 0.1) is 10.1 Å². The molecule has 0 aliphatic rings. The van der Waals surface area contributed by atoms with E-state index in [-0.39, 0.29) is 5.69 Å². The van der Waals surface area contributed by atoms with E-state index in [1.54, 1.807) is 18.3 Å². The summed E-state index contributed by atoms with van der Waals surface area (Å²) in [4.78, 5) is 16.5. The molecule has 0 aliphatic heterocycles. The fraction of sp³-hybridized carbons (Fsp3) is 0.111. The topological polar surface area (TPSA) is 83.7 Å². The van der Waals surface area contributed by atoms with Gasteiger partial charge >= 0.3 is 0 Å². The van der Waals surface area contributed by atoms with Gasteiger partial charge in [0.15, 0.2) is 0 Å². The van der Waals surface area contributed by atoms with Crippen LogP contribution >= 0.6 is 34.5 Å². The molecule has 0 aliphatic carbocycles. The molecule has 7 nitrogen and oxygen atoms in total. The quantitative estimate of drug-likeness (QED) is 0.169. The van der Waals surface area contributed by atoms with Crippen molar-refractivity contribution >= 4 is 57.3 Å². The predicted molar refractivity (Wildman–Crippen MR) is 116 cm³/mol. The van der Waals surface area contributed by atoms with E-state index in [9.17, 15) is 10.1 Å². The number of benzene rings is 2. The van der Waals surface area contributed by atoms with Crippen molar-refractivity contribution in [3.05, 3.63) is 69.6 Å². The van der Waals surface area contributed by atoms with Crippen molar-refractivity contribution in [2.75, 3.05) is 22.3 Å². The number of anilines is 2. The summed E-state index contributed by atoms with van der Waals surface area (Å²) in [6.07, 6.45) is 1.68. The summed E-state index contributed by atoms with van der Waals surface area (Å²) >= 11 is 13.1.